The Morgan fingerprint density at radius 2 is 2.40 bits per heavy atom. The van der Waals surface area contributed by atoms with Crippen molar-refractivity contribution in [3.63, 3.8) is 0 Å². The molecule has 58 valence electrons. The molecule has 1 aliphatic heterocycles. The molecule has 0 spiro atoms. The Bertz CT molecular complexity index is 143. The van der Waals surface area contributed by atoms with Gasteiger partial charge in [0.1, 0.15) is 6.17 Å². The first-order valence-corrected chi connectivity index (χ1v) is 3.62. The van der Waals surface area contributed by atoms with Crippen LogP contribution in [-0.4, -0.2) is 25.1 Å². The van der Waals surface area contributed by atoms with Gasteiger partial charge in [0.25, 0.3) is 0 Å². The van der Waals surface area contributed by atoms with E-state index in [0.717, 1.165) is 5.84 Å². The summed E-state index contributed by atoms with van der Waals surface area (Å²) >= 11 is 0. The van der Waals surface area contributed by atoms with Crippen LogP contribution in [0.3, 0.4) is 0 Å². The van der Waals surface area contributed by atoms with E-state index in [1.807, 2.05) is 13.8 Å². The summed E-state index contributed by atoms with van der Waals surface area (Å²) in [6, 6.07) is 0. The zero-order valence-corrected chi connectivity index (χ0v) is 6.39. The van der Waals surface area contributed by atoms with E-state index in [2.05, 4.69) is 10.3 Å². The Balaban J connectivity index is 2.48. The van der Waals surface area contributed by atoms with E-state index >= 15 is 0 Å². The van der Waals surface area contributed by atoms with E-state index in [-0.39, 0.29) is 0 Å². The minimum atomic E-state index is -0.789. The van der Waals surface area contributed by atoms with Crippen LogP contribution in [0.2, 0.25) is 0 Å². The molecule has 0 amide bonds. The van der Waals surface area contributed by atoms with Gasteiger partial charge in [-0.15, -0.1) is 0 Å². The predicted octanol–water partition coefficient (Wildman–Crippen LogP) is 0.982. The Morgan fingerprint density at radius 3 is 2.80 bits per heavy atom. The zero-order valence-electron chi connectivity index (χ0n) is 6.39. The molecule has 0 aromatic heterocycles. The topological polar surface area (TPSA) is 24.4 Å². The predicted molar refractivity (Wildman–Crippen MR) is 40.0 cm³/mol. The van der Waals surface area contributed by atoms with Gasteiger partial charge < -0.3 is 5.32 Å². The van der Waals surface area contributed by atoms with Crippen molar-refractivity contribution >= 4 is 5.84 Å². The Hall–Kier alpha value is -0.600. The van der Waals surface area contributed by atoms with E-state index in [0.29, 0.717) is 19.0 Å². The fourth-order valence-electron chi connectivity index (χ4n) is 0.920. The van der Waals surface area contributed by atoms with Crippen LogP contribution in [0.4, 0.5) is 4.39 Å². The van der Waals surface area contributed by atoms with Crippen LogP contribution >= 0.6 is 0 Å². The van der Waals surface area contributed by atoms with E-state index < -0.39 is 6.17 Å². The van der Waals surface area contributed by atoms with Crippen LogP contribution < -0.4 is 5.32 Å². The Labute approximate surface area is 60.5 Å². The van der Waals surface area contributed by atoms with Gasteiger partial charge in [-0.2, -0.15) is 0 Å². The smallest absolute Gasteiger partial charge is 0.137 e. The number of aliphatic imine (C=N–C) groups is 1. The normalized spacial score (nSPS) is 26.0. The molecule has 0 aromatic carbocycles. The fourth-order valence-corrected chi connectivity index (χ4v) is 0.920. The molecule has 0 aromatic rings. The molecule has 0 saturated heterocycles. The standard InChI is InChI=1S/C7H13FN2/c1-5(2)7-9-3-6(8)4-10-7/h5-6H,3-4H2,1-2H3,(H,9,10). The third kappa shape index (κ3) is 1.69. The van der Waals surface area contributed by atoms with Crippen molar-refractivity contribution in [3.05, 3.63) is 0 Å². The Morgan fingerprint density at radius 1 is 1.70 bits per heavy atom. The Kier molecular flexibility index (Phi) is 2.25. The number of halogens is 1. The van der Waals surface area contributed by atoms with Gasteiger partial charge in [-0.05, 0) is 0 Å². The van der Waals surface area contributed by atoms with E-state index in [4.69, 9.17) is 0 Å². The average Bonchev–Trinajstić information content (AvgIpc) is 1.88. The molecule has 0 saturated carbocycles. The van der Waals surface area contributed by atoms with Crippen LogP contribution in [-0.2, 0) is 0 Å². The quantitative estimate of drug-likeness (QED) is 0.583. The van der Waals surface area contributed by atoms with E-state index in [1.165, 1.54) is 0 Å². The number of rotatable bonds is 1. The highest BCUT2D eigenvalue weighted by atomic mass is 19.1. The van der Waals surface area contributed by atoms with Crippen LogP contribution in [0.1, 0.15) is 13.8 Å². The SMILES string of the molecule is CC(C)C1=NCC(F)CN1. The first-order chi connectivity index (χ1) is 4.70. The lowest BCUT2D eigenvalue weighted by Gasteiger charge is -2.19. The molecule has 1 atom stereocenters. The summed E-state index contributed by atoms with van der Waals surface area (Å²) in [5.74, 6) is 1.33. The first kappa shape index (κ1) is 7.51. The van der Waals surface area contributed by atoms with Gasteiger partial charge in [0.05, 0.1) is 12.4 Å². The molecular weight excluding hydrogens is 131 g/mol. The van der Waals surface area contributed by atoms with Crippen molar-refractivity contribution in [2.75, 3.05) is 13.1 Å². The monoisotopic (exact) mass is 144 g/mol. The maximum atomic E-state index is 12.5. The lowest BCUT2D eigenvalue weighted by atomic mass is 10.1. The molecular formula is C7H13FN2. The van der Waals surface area contributed by atoms with Gasteiger partial charge in [0.15, 0.2) is 0 Å². The number of nitrogens with zero attached hydrogens (tertiary/aromatic N) is 1. The second-order valence-electron chi connectivity index (χ2n) is 2.86. The third-order valence-corrected chi connectivity index (χ3v) is 1.51. The third-order valence-electron chi connectivity index (χ3n) is 1.51. The van der Waals surface area contributed by atoms with E-state index in [1.54, 1.807) is 0 Å². The highest BCUT2D eigenvalue weighted by Crippen LogP contribution is 2.02. The highest BCUT2D eigenvalue weighted by Gasteiger charge is 2.14. The maximum Gasteiger partial charge on any atom is 0.137 e. The van der Waals surface area contributed by atoms with E-state index in [9.17, 15) is 4.39 Å². The van der Waals surface area contributed by atoms with Gasteiger partial charge in [0, 0.05) is 12.5 Å². The molecule has 1 unspecified atom stereocenters. The second-order valence-corrected chi connectivity index (χ2v) is 2.86. The van der Waals surface area contributed by atoms with Crippen molar-refractivity contribution in [1.29, 1.82) is 0 Å². The molecule has 10 heavy (non-hydrogen) atoms. The minimum absolute atomic E-state index is 0.334. The highest BCUT2D eigenvalue weighted by molar-refractivity contribution is 5.84. The van der Waals surface area contributed by atoms with Crippen molar-refractivity contribution < 1.29 is 4.39 Å². The van der Waals surface area contributed by atoms with Gasteiger partial charge in [-0.25, -0.2) is 4.39 Å². The summed E-state index contributed by atoms with van der Waals surface area (Å²) < 4.78 is 12.5. The van der Waals surface area contributed by atoms with Gasteiger partial charge in [-0.1, -0.05) is 13.8 Å². The van der Waals surface area contributed by atoms with Crippen LogP contribution in [0.15, 0.2) is 4.99 Å². The molecule has 1 aliphatic rings. The number of hydrogen-bond acceptors (Lipinski definition) is 2. The lowest BCUT2D eigenvalue weighted by molar-refractivity contribution is 0.329. The average molecular weight is 144 g/mol. The second kappa shape index (κ2) is 2.99. The van der Waals surface area contributed by atoms with Gasteiger partial charge in [-0.3, -0.25) is 4.99 Å². The molecule has 0 bridgehead atoms. The fraction of sp³-hybridized carbons (Fsp3) is 0.857. The number of alkyl halides is 1. The largest absolute Gasteiger partial charge is 0.371 e. The summed E-state index contributed by atoms with van der Waals surface area (Å²) in [5, 5.41) is 2.94. The van der Waals surface area contributed by atoms with Gasteiger partial charge >= 0.3 is 0 Å². The first-order valence-electron chi connectivity index (χ1n) is 3.62. The minimum Gasteiger partial charge on any atom is -0.371 e. The summed E-state index contributed by atoms with van der Waals surface area (Å²) in [6.07, 6.45) is -0.789. The molecule has 1 N–H and O–H groups in total. The van der Waals surface area contributed by atoms with Crippen molar-refractivity contribution in [2.24, 2.45) is 10.9 Å². The number of amidine groups is 1. The molecule has 1 rings (SSSR count). The molecule has 0 radical (unpaired) electrons. The van der Waals surface area contributed by atoms with Crippen LogP contribution in [0.5, 0.6) is 0 Å². The van der Waals surface area contributed by atoms with Crippen molar-refractivity contribution in [2.45, 2.75) is 20.0 Å². The molecule has 2 nitrogen and oxygen atoms in total. The number of hydrogen-bond donors (Lipinski definition) is 1. The summed E-state index contributed by atoms with van der Waals surface area (Å²) in [4.78, 5) is 4.04. The lowest BCUT2D eigenvalue weighted by Crippen LogP contribution is -2.39. The maximum absolute atomic E-state index is 12.5. The number of nitrogens with one attached hydrogen (secondary N) is 1. The molecule has 1 heterocycles. The van der Waals surface area contributed by atoms with Crippen molar-refractivity contribution in [3.8, 4) is 0 Å². The zero-order chi connectivity index (χ0) is 7.56. The summed E-state index contributed by atoms with van der Waals surface area (Å²) in [5.41, 5.74) is 0. The van der Waals surface area contributed by atoms with Gasteiger partial charge in [0.2, 0.25) is 0 Å². The molecule has 0 fully saturated rings. The van der Waals surface area contributed by atoms with Crippen molar-refractivity contribution in [1.82, 2.24) is 5.32 Å². The van der Waals surface area contributed by atoms with Crippen LogP contribution in [0, 0.1) is 5.92 Å². The summed E-state index contributed by atoms with van der Waals surface area (Å²) in [7, 11) is 0. The molecule has 0 aliphatic carbocycles. The molecule has 3 heteroatoms. The van der Waals surface area contributed by atoms with Crippen LogP contribution in [0.25, 0.3) is 0 Å². The summed E-state index contributed by atoms with van der Waals surface area (Å²) in [6.45, 7) is 4.85.